The monoisotopic (exact) mass is 539 g/mol. The van der Waals surface area contributed by atoms with E-state index in [-0.39, 0.29) is 16.9 Å². The van der Waals surface area contributed by atoms with Crippen molar-refractivity contribution >= 4 is 32.3 Å². The van der Waals surface area contributed by atoms with Gasteiger partial charge >= 0.3 is 0 Å². The molecule has 0 unspecified atom stereocenters. The third-order valence-corrected chi connectivity index (χ3v) is 10.4. The number of benzene rings is 2. The van der Waals surface area contributed by atoms with Crippen LogP contribution in [0.2, 0.25) is 0 Å². The lowest BCUT2D eigenvalue weighted by molar-refractivity contribution is 0.0806. The summed E-state index contributed by atoms with van der Waals surface area (Å²) in [5, 5.41) is 8.09. The van der Waals surface area contributed by atoms with Crippen LogP contribution in [-0.2, 0) is 10.0 Å². The highest BCUT2D eigenvalue weighted by Gasteiger charge is 2.38. The fourth-order valence-electron chi connectivity index (χ4n) is 5.47. The number of thiazole rings is 1. The molecule has 4 aromatic rings. The Labute approximate surface area is 220 Å². The van der Waals surface area contributed by atoms with Crippen molar-refractivity contribution in [2.45, 2.75) is 44.2 Å². The Balaban J connectivity index is 1.37. The molecule has 2 fully saturated rings. The molecule has 1 atom stereocenters. The van der Waals surface area contributed by atoms with Crippen LogP contribution in [0.4, 0.5) is 4.39 Å². The Bertz CT molecular complexity index is 1540. The molecular formula is C27H30FN5O2S2. The van der Waals surface area contributed by atoms with Crippen LogP contribution in [0.1, 0.15) is 41.4 Å². The van der Waals surface area contributed by atoms with E-state index < -0.39 is 10.0 Å². The van der Waals surface area contributed by atoms with E-state index in [1.54, 1.807) is 21.8 Å². The molecule has 0 spiro atoms. The Morgan fingerprint density at radius 1 is 1.11 bits per heavy atom. The first-order chi connectivity index (χ1) is 17.8. The van der Waals surface area contributed by atoms with Gasteiger partial charge in [-0.2, -0.15) is 9.40 Å². The molecule has 0 amide bonds. The Morgan fingerprint density at radius 3 is 2.57 bits per heavy atom. The van der Waals surface area contributed by atoms with Gasteiger partial charge in [0.15, 0.2) is 5.03 Å². The minimum atomic E-state index is -3.66. The average molecular weight is 540 g/mol. The molecule has 0 N–H and O–H groups in total. The number of halogens is 1. The van der Waals surface area contributed by atoms with E-state index in [1.165, 1.54) is 42.7 Å². The number of aromatic nitrogens is 3. The summed E-state index contributed by atoms with van der Waals surface area (Å²) < 4.78 is 43.8. The van der Waals surface area contributed by atoms with Gasteiger partial charge in [0, 0.05) is 43.0 Å². The van der Waals surface area contributed by atoms with Crippen molar-refractivity contribution in [3.8, 4) is 5.69 Å². The molecule has 10 heteroatoms. The molecule has 194 valence electrons. The second-order valence-corrected chi connectivity index (χ2v) is 13.1. The summed E-state index contributed by atoms with van der Waals surface area (Å²) in [6, 6.07) is 10.5. The van der Waals surface area contributed by atoms with Gasteiger partial charge in [0.2, 0.25) is 0 Å². The highest BCUT2D eigenvalue weighted by molar-refractivity contribution is 7.89. The molecule has 0 bridgehead atoms. The molecule has 1 aliphatic carbocycles. The van der Waals surface area contributed by atoms with Crippen LogP contribution < -0.4 is 0 Å². The van der Waals surface area contributed by atoms with E-state index in [9.17, 15) is 12.8 Å². The van der Waals surface area contributed by atoms with Gasteiger partial charge in [0.25, 0.3) is 10.0 Å². The highest BCUT2D eigenvalue weighted by Crippen LogP contribution is 2.36. The lowest BCUT2D eigenvalue weighted by atomic mass is 9.84. The summed E-state index contributed by atoms with van der Waals surface area (Å²) in [4.78, 5) is 6.75. The van der Waals surface area contributed by atoms with Crippen LogP contribution >= 0.6 is 11.3 Å². The van der Waals surface area contributed by atoms with Crippen molar-refractivity contribution in [2.24, 2.45) is 5.92 Å². The Morgan fingerprint density at radius 2 is 1.89 bits per heavy atom. The number of rotatable bonds is 6. The molecule has 2 aromatic carbocycles. The lowest BCUT2D eigenvalue weighted by Crippen LogP contribution is -2.52. The van der Waals surface area contributed by atoms with E-state index in [2.05, 4.69) is 34.0 Å². The highest BCUT2D eigenvalue weighted by atomic mass is 32.2. The van der Waals surface area contributed by atoms with Crippen molar-refractivity contribution in [1.29, 1.82) is 0 Å². The Hall–Kier alpha value is -2.66. The van der Waals surface area contributed by atoms with Gasteiger partial charge in [-0.1, -0.05) is 6.42 Å². The maximum absolute atomic E-state index is 13.5. The third-order valence-electron chi connectivity index (χ3n) is 7.76. The molecule has 2 aliphatic rings. The largest absolute Gasteiger partial charge is 0.293 e. The van der Waals surface area contributed by atoms with Crippen molar-refractivity contribution in [3.05, 3.63) is 69.9 Å². The van der Waals surface area contributed by atoms with E-state index in [1.807, 2.05) is 17.8 Å². The van der Waals surface area contributed by atoms with Gasteiger partial charge < -0.3 is 0 Å². The first kappa shape index (κ1) is 24.7. The second-order valence-electron chi connectivity index (χ2n) is 10.2. The second kappa shape index (κ2) is 9.58. The summed E-state index contributed by atoms with van der Waals surface area (Å²) in [6.07, 6.45) is 5.59. The minimum absolute atomic E-state index is 0.0533. The molecule has 1 aliphatic heterocycles. The average Bonchev–Trinajstić information content (AvgIpc) is 3.48. The zero-order chi connectivity index (χ0) is 25.7. The fourth-order valence-corrected chi connectivity index (χ4v) is 7.81. The molecule has 6 rings (SSSR count). The standard InChI is InChI=1S/C27H30FN5O2S2/c1-18-12-25-21(14-29-33(25)23-8-6-22(28)7-9-23)13-24(18)26-16-32(11-10-31(26)15-20-4-3-5-20)37(34,35)27-17-36-19(2)30-27/h6-9,12-14,17,20,26H,3-5,10-11,15-16H2,1-2H3/t26-/m0/s1. The van der Waals surface area contributed by atoms with E-state index >= 15 is 0 Å². The van der Waals surface area contributed by atoms with Crippen molar-refractivity contribution < 1.29 is 12.8 Å². The molecular weight excluding hydrogens is 509 g/mol. The van der Waals surface area contributed by atoms with Crippen LogP contribution in [0, 0.1) is 25.6 Å². The van der Waals surface area contributed by atoms with Gasteiger partial charge in [-0.05, 0) is 80.1 Å². The summed E-state index contributed by atoms with van der Waals surface area (Å²) in [7, 11) is -3.66. The topological polar surface area (TPSA) is 71.3 Å². The molecule has 2 aromatic heterocycles. The van der Waals surface area contributed by atoms with Crippen LogP contribution in [0.25, 0.3) is 16.6 Å². The number of hydrogen-bond acceptors (Lipinski definition) is 6. The van der Waals surface area contributed by atoms with E-state index in [4.69, 9.17) is 0 Å². The predicted octanol–water partition coefficient (Wildman–Crippen LogP) is 5.09. The van der Waals surface area contributed by atoms with Gasteiger partial charge in [-0.25, -0.2) is 22.5 Å². The molecule has 1 saturated carbocycles. The zero-order valence-corrected chi connectivity index (χ0v) is 22.6. The van der Waals surface area contributed by atoms with Crippen molar-refractivity contribution in [3.63, 3.8) is 0 Å². The number of sulfonamides is 1. The van der Waals surface area contributed by atoms with Crippen molar-refractivity contribution in [1.82, 2.24) is 24.0 Å². The van der Waals surface area contributed by atoms with Crippen molar-refractivity contribution in [2.75, 3.05) is 26.2 Å². The lowest BCUT2D eigenvalue weighted by Gasteiger charge is -2.44. The zero-order valence-electron chi connectivity index (χ0n) is 21.0. The summed E-state index contributed by atoms with van der Waals surface area (Å²) in [5.41, 5.74) is 3.95. The quantitative estimate of drug-likeness (QED) is 0.342. The summed E-state index contributed by atoms with van der Waals surface area (Å²) in [5.74, 6) is 0.395. The molecule has 3 heterocycles. The van der Waals surface area contributed by atoms with Gasteiger partial charge in [0.1, 0.15) is 5.82 Å². The maximum Gasteiger partial charge on any atom is 0.261 e. The van der Waals surface area contributed by atoms with E-state index in [0.29, 0.717) is 25.6 Å². The number of hydrogen-bond donors (Lipinski definition) is 0. The number of fused-ring (bicyclic) bond motifs is 1. The first-order valence-corrected chi connectivity index (χ1v) is 15.0. The smallest absolute Gasteiger partial charge is 0.261 e. The normalized spacial score (nSPS) is 19.9. The summed E-state index contributed by atoms with van der Waals surface area (Å²) in [6.45, 7) is 6.44. The number of nitrogens with zero attached hydrogens (tertiary/aromatic N) is 5. The first-order valence-electron chi connectivity index (χ1n) is 12.7. The minimum Gasteiger partial charge on any atom is -0.293 e. The predicted molar refractivity (Wildman–Crippen MR) is 143 cm³/mol. The fraction of sp³-hybridized carbons (Fsp3) is 0.407. The molecule has 37 heavy (non-hydrogen) atoms. The van der Waals surface area contributed by atoms with Crippen LogP contribution in [0.3, 0.4) is 0 Å². The third kappa shape index (κ3) is 4.60. The van der Waals surface area contributed by atoms with Crippen LogP contribution in [0.5, 0.6) is 0 Å². The van der Waals surface area contributed by atoms with Gasteiger partial charge in [-0.15, -0.1) is 11.3 Å². The van der Waals surface area contributed by atoms with Gasteiger partial charge in [-0.3, -0.25) is 4.90 Å². The van der Waals surface area contributed by atoms with Crippen LogP contribution in [0.15, 0.2) is 53.0 Å². The Kier molecular flexibility index (Phi) is 6.38. The number of aryl methyl sites for hydroxylation is 2. The van der Waals surface area contributed by atoms with E-state index in [0.717, 1.165) is 39.3 Å². The summed E-state index contributed by atoms with van der Waals surface area (Å²) >= 11 is 1.36. The maximum atomic E-state index is 13.5. The molecule has 7 nitrogen and oxygen atoms in total. The molecule has 0 radical (unpaired) electrons. The van der Waals surface area contributed by atoms with Crippen LogP contribution in [-0.4, -0.2) is 58.6 Å². The molecule has 1 saturated heterocycles. The number of piperazine rings is 1. The SMILES string of the molecule is Cc1nc(S(=O)(=O)N2CCN(CC3CCC3)[C@H](c3cc4cnn(-c5ccc(F)cc5)c4cc3C)C2)cs1. The van der Waals surface area contributed by atoms with Gasteiger partial charge in [0.05, 0.1) is 22.4 Å².